The Balaban J connectivity index is 1.78. The number of alkyl halides is 2. The Hall–Kier alpha value is -3.20. The number of halogens is 2. The summed E-state index contributed by atoms with van der Waals surface area (Å²) in [7, 11) is 1.65. The molecule has 6 nitrogen and oxygen atoms in total. The number of nitrogens with one attached hydrogen (secondary N) is 1. The molecule has 0 fully saturated rings. The monoisotopic (exact) mass is 402 g/mol. The van der Waals surface area contributed by atoms with Gasteiger partial charge in [0.15, 0.2) is 0 Å². The van der Waals surface area contributed by atoms with Crippen LogP contribution in [-0.4, -0.2) is 33.6 Å². The Bertz CT molecular complexity index is 1150. The molecule has 0 spiro atoms. The molecule has 144 valence electrons. The van der Waals surface area contributed by atoms with Crippen molar-refractivity contribution >= 4 is 33.8 Å². The number of fused-ring (bicyclic) bond motifs is 1. The first kappa shape index (κ1) is 18.2. The van der Waals surface area contributed by atoms with Crippen LogP contribution in [0, 0.1) is 0 Å². The van der Waals surface area contributed by atoms with Gasteiger partial charge in [0.05, 0.1) is 17.5 Å². The summed E-state index contributed by atoms with van der Waals surface area (Å²) in [4.78, 5) is 16.7. The van der Waals surface area contributed by atoms with Gasteiger partial charge in [0, 0.05) is 28.4 Å². The molecule has 0 aliphatic carbocycles. The first-order valence-electron chi connectivity index (χ1n) is 8.38. The first-order chi connectivity index (χ1) is 13.4. The van der Waals surface area contributed by atoms with Crippen LogP contribution in [0.15, 0.2) is 41.9 Å². The third-order valence-corrected chi connectivity index (χ3v) is 5.25. The molecule has 0 aliphatic heterocycles. The Labute approximate surface area is 162 Å². The number of thiophene rings is 1. The van der Waals surface area contributed by atoms with Crippen molar-refractivity contribution < 1.29 is 18.3 Å². The summed E-state index contributed by atoms with van der Waals surface area (Å²) < 4.78 is 32.1. The molecule has 0 saturated carbocycles. The van der Waals surface area contributed by atoms with E-state index in [1.54, 1.807) is 25.2 Å². The number of benzene rings is 1. The van der Waals surface area contributed by atoms with Crippen molar-refractivity contribution in [2.24, 2.45) is 7.05 Å². The van der Waals surface area contributed by atoms with E-state index >= 15 is 0 Å². The molecule has 0 atom stereocenters. The standard InChI is InChI=1S/C19H16F2N4O2S/c1-25-19(22)12(8-23-25)18(26)14-5-10-6-15(27-9-17(20)21)11(7-13(10)24-14)16-3-2-4-28-16/h2-8,17,24H,9,22H2,1H3. The van der Waals surface area contributed by atoms with E-state index in [1.165, 1.54) is 22.2 Å². The summed E-state index contributed by atoms with van der Waals surface area (Å²) >= 11 is 1.47. The average molecular weight is 402 g/mol. The third-order valence-electron chi connectivity index (χ3n) is 4.35. The van der Waals surface area contributed by atoms with Crippen LogP contribution in [0.4, 0.5) is 14.6 Å². The third kappa shape index (κ3) is 3.24. The van der Waals surface area contributed by atoms with Crippen molar-refractivity contribution in [2.45, 2.75) is 6.43 Å². The second-order valence-corrected chi connectivity index (χ2v) is 7.14. The first-order valence-corrected chi connectivity index (χ1v) is 9.25. The Morgan fingerprint density at radius 2 is 2.21 bits per heavy atom. The Kier molecular flexibility index (Phi) is 4.60. The fourth-order valence-electron chi connectivity index (χ4n) is 2.95. The van der Waals surface area contributed by atoms with Crippen molar-refractivity contribution in [1.29, 1.82) is 0 Å². The van der Waals surface area contributed by atoms with Crippen LogP contribution >= 0.6 is 11.3 Å². The van der Waals surface area contributed by atoms with E-state index in [2.05, 4.69) is 10.1 Å². The highest BCUT2D eigenvalue weighted by Crippen LogP contribution is 2.37. The topological polar surface area (TPSA) is 85.9 Å². The molecule has 1 aromatic carbocycles. The van der Waals surface area contributed by atoms with Gasteiger partial charge in [-0.15, -0.1) is 11.3 Å². The maximum atomic E-state index is 12.8. The number of aromatic amines is 1. The average Bonchev–Trinajstić information content (AvgIpc) is 3.39. The zero-order chi connectivity index (χ0) is 19.8. The molecule has 0 amide bonds. The van der Waals surface area contributed by atoms with Crippen molar-refractivity contribution in [3.63, 3.8) is 0 Å². The second-order valence-electron chi connectivity index (χ2n) is 6.19. The molecule has 0 unspecified atom stereocenters. The van der Waals surface area contributed by atoms with Gasteiger partial charge >= 0.3 is 0 Å². The van der Waals surface area contributed by atoms with E-state index in [-0.39, 0.29) is 11.6 Å². The number of aryl methyl sites for hydroxylation is 1. The van der Waals surface area contributed by atoms with Gasteiger partial charge in [-0.25, -0.2) is 8.78 Å². The van der Waals surface area contributed by atoms with Gasteiger partial charge in [-0.1, -0.05) is 6.07 Å². The van der Waals surface area contributed by atoms with Crippen molar-refractivity contribution in [3.8, 4) is 16.2 Å². The summed E-state index contributed by atoms with van der Waals surface area (Å²) in [5, 5.41) is 6.56. The number of carbonyl (C=O) groups is 1. The van der Waals surface area contributed by atoms with E-state index in [1.807, 2.05) is 17.5 Å². The van der Waals surface area contributed by atoms with Crippen LogP contribution < -0.4 is 10.5 Å². The number of nitrogens with two attached hydrogens (primary N) is 1. The molecule has 3 aromatic heterocycles. The van der Waals surface area contributed by atoms with Crippen molar-refractivity contribution in [2.75, 3.05) is 12.3 Å². The number of carbonyl (C=O) groups excluding carboxylic acids is 1. The van der Waals surface area contributed by atoms with Crippen molar-refractivity contribution in [3.05, 3.63) is 53.2 Å². The summed E-state index contributed by atoms with van der Waals surface area (Å²) in [6.45, 7) is -0.702. The van der Waals surface area contributed by atoms with Crippen LogP contribution in [0.2, 0.25) is 0 Å². The zero-order valence-electron chi connectivity index (χ0n) is 14.8. The normalized spacial score (nSPS) is 11.4. The quantitative estimate of drug-likeness (QED) is 0.476. The predicted molar refractivity (Wildman–Crippen MR) is 104 cm³/mol. The van der Waals surface area contributed by atoms with Gasteiger partial charge in [-0.2, -0.15) is 5.10 Å². The fourth-order valence-corrected chi connectivity index (χ4v) is 3.69. The smallest absolute Gasteiger partial charge is 0.272 e. The molecule has 0 bridgehead atoms. The lowest BCUT2D eigenvalue weighted by molar-refractivity contribution is 0.0822. The number of hydrogen-bond donors (Lipinski definition) is 2. The number of ether oxygens (including phenoxy) is 1. The fraction of sp³-hybridized carbons (Fsp3) is 0.158. The highest BCUT2D eigenvalue weighted by atomic mass is 32.1. The molecular formula is C19H16F2N4O2S. The lowest BCUT2D eigenvalue weighted by Gasteiger charge is -2.10. The molecular weight excluding hydrogens is 386 g/mol. The van der Waals surface area contributed by atoms with Crippen LogP contribution in [0.3, 0.4) is 0 Å². The van der Waals surface area contributed by atoms with Crippen LogP contribution in [0.5, 0.6) is 5.75 Å². The maximum Gasteiger partial charge on any atom is 0.272 e. The Morgan fingerprint density at radius 3 is 2.86 bits per heavy atom. The molecule has 0 aliphatic rings. The molecule has 3 N–H and O–H groups in total. The minimum absolute atomic E-state index is 0.267. The van der Waals surface area contributed by atoms with E-state index < -0.39 is 13.0 Å². The molecule has 4 aromatic rings. The summed E-state index contributed by atoms with van der Waals surface area (Å²) in [5.41, 5.74) is 7.89. The van der Waals surface area contributed by atoms with Crippen LogP contribution in [0.25, 0.3) is 21.3 Å². The molecule has 3 heterocycles. The van der Waals surface area contributed by atoms with Gasteiger partial charge in [0.1, 0.15) is 18.2 Å². The largest absolute Gasteiger partial charge is 0.487 e. The molecule has 0 saturated heterocycles. The Morgan fingerprint density at radius 1 is 1.39 bits per heavy atom. The number of rotatable bonds is 6. The molecule has 4 rings (SSSR count). The highest BCUT2D eigenvalue weighted by molar-refractivity contribution is 7.13. The summed E-state index contributed by atoms with van der Waals surface area (Å²) in [6.07, 6.45) is -1.17. The molecule has 9 heteroatoms. The second kappa shape index (κ2) is 7.08. The van der Waals surface area contributed by atoms with E-state index in [4.69, 9.17) is 10.5 Å². The summed E-state index contributed by atoms with van der Waals surface area (Å²) in [6, 6.07) is 8.86. The number of H-pyrrole nitrogens is 1. The van der Waals surface area contributed by atoms with Gasteiger partial charge in [0.25, 0.3) is 6.43 Å². The minimum atomic E-state index is -2.58. The highest BCUT2D eigenvalue weighted by Gasteiger charge is 2.19. The van der Waals surface area contributed by atoms with Gasteiger partial charge in [0.2, 0.25) is 5.78 Å². The van der Waals surface area contributed by atoms with Gasteiger partial charge in [-0.3, -0.25) is 9.48 Å². The molecule has 0 radical (unpaired) electrons. The number of ketones is 1. The molecule has 28 heavy (non-hydrogen) atoms. The van der Waals surface area contributed by atoms with E-state index in [9.17, 15) is 13.6 Å². The maximum absolute atomic E-state index is 12.8. The van der Waals surface area contributed by atoms with Gasteiger partial charge in [-0.05, 0) is 29.6 Å². The van der Waals surface area contributed by atoms with E-state index in [0.717, 1.165) is 4.88 Å². The number of aromatic nitrogens is 3. The zero-order valence-corrected chi connectivity index (χ0v) is 15.6. The predicted octanol–water partition coefficient (Wildman–Crippen LogP) is 4.09. The minimum Gasteiger partial charge on any atom is -0.487 e. The summed E-state index contributed by atoms with van der Waals surface area (Å²) in [5.74, 6) is 0.313. The van der Waals surface area contributed by atoms with Crippen LogP contribution in [-0.2, 0) is 7.05 Å². The van der Waals surface area contributed by atoms with E-state index in [0.29, 0.717) is 33.5 Å². The lowest BCUT2D eigenvalue weighted by Crippen LogP contribution is -2.07. The number of anilines is 1. The number of nitrogen functional groups attached to an aromatic ring is 1. The van der Waals surface area contributed by atoms with Crippen LogP contribution in [0.1, 0.15) is 16.1 Å². The van der Waals surface area contributed by atoms with Crippen molar-refractivity contribution in [1.82, 2.24) is 14.8 Å². The number of hydrogen-bond acceptors (Lipinski definition) is 5. The lowest BCUT2D eigenvalue weighted by atomic mass is 10.1. The number of nitrogens with zero attached hydrogens (tertiary/aromatic N) is 2. The SMILES string of the molecule is Cn1ncc(C(=O)c2cc3cc(OCC(F)F)c(-c4cccs4)cc3[nH]2)c1N. The van der Waals surface area contributed by atoms with Gasteiger partial charge < -0.3 is 15.5 Å².